The standard InChI is InChI=1S/C10H16F2O4/c1-4-10(2,3)9(14)16-6-5-15-8(13)7(11)12/h7H,4-6H2,1-3H3. The second kappa shape index (κ2) is 6.40. The van der Waals surface area contributed by atoms with Crippen LogP contribution >= 0.6 is 0 Å². The highest BCUT2D eigenvalue weighted by Crippen LogP contribution is 2.21. The van der Waals surface area contributed by atoms with Crippen molar-refractivity contribution in [3.63, 3.8) is 0 Å². The molecule has 0 spiro atoms. The van der Waals surface area contributed by atoms with E-state index in [9.17, 15) is 18.4 Å². The van der Waals surface area contributed by atoms with Gasteiger partial charge >= 0.3 is 18.4 Å². The molecule has 0 atom stereocenters. The van der Waals surface area contributed by atoms with Gasteiger partial charge in [-0.3, -0.25) is 4.79 Å². The van der Waals surface area contributed by atoms with Crippen molar-refractivity contribution in [2.75, 3.05) is 13.2 Å². The first-order valence-corrected chi connectivity index (χ1v) is 4.93. The lowest BCUT2D eigenvalue weighted by Gasteiger charge is -2.20. The van der Waals surface area contributed by atoms with Gasteiger partial charge in [0.15, 0.2) is 0 Å². The van der Waals surface area contributed by atoms with Crippen LogP contribution in [0.15, 0.2) is 0 Å². The molecule has 0 aromatic heterocycles. The highest BCUT2D eigenvalue weighted by Gasteiger charge is 2.27. The van der Waals surface area contributed by atoms with Crippen molar-refractivity contribution in [2.45, 2.75) is 33.6 Å². The fraction of sp³-hybridized carbons (Fsp3) is 0.800. The number of carbonyl (C=O) groups is 2. The third-order valence-electron chi connectivity index (χ3n) is 2.18. The molecule has 0 aliphatic heterocycles. The first-order chi connectivity index (χ1) is 7.31. The van der Waals surface area contributed by atoms with E-state index in [2.05, 4.69) is 4.74 Å². The van der Waals surface area contributed by atoms with Crippen molar-refractivity contribution < 1.29 is 27.8 Å². The Morgan fingerprint density at radius 2 is 1.69 bits per heavy atom. The van der Waals surface area contributed by atoms with Gasteiger partial charge in [0.25, 0.3) is 0 Å². The van der Waals surface area contributed by atoms with Crippen LogP contribution in [0.1, 0.15) is 27.2 Å². The minimum absolute atomic E-state index is 0.208. The van der Waals surface area contributed by atoms with Gasteiger partial charge in [-0.25, -0.2) is 4.79 Å². The SMILES string of the molecule is CCC(C)(C)C(=O)OCCOC(=O)C(F)F. The van der Waals surface area contributed by atoms with Crippen LogP contribution in [0.2, 0.25) is 0 Å². The Morgan fingerprint density at radius 3 is 2.12 bits per heavy atom. The second-order valence-electron chi connectivity index (χ2n) is 3.84. The molecule has 0 heterocycles. The Kier molecular flexibility index (Phi) is 5.92. The van der Waals surface area contributed by atoms with E-state index in [-0.39, 0.29) is 13.2 Å². The van der Waals surface area contributed by atoms with E-state index < -0.39 is 23.8 Å². The number of alkyl halides is 2. The highest BCUT2D eigenvalue weighted by atomic mass is 19.3. The summed E-state index contributed by atoms with van der Waals surface area (Å²) >= 11 is 0. The molecule has 0 aromatic carbocycles. The van der Waals surface area contributed by atoms with E-state index >= 15 is 0 Å². The van der Waals surface area contributed by atoms with Gasteiger partial charge in [-0.15, -0.1) is 0 Å². The van der Waals surface area contributed by atoms with Crippen LogP contribution in [0.5, 0.6) is 0 Å². The molecular weight excluding hydrogens is 222 g/mol. The Bertz CT molecular complexity index is 251. The lowest BCUT2D eigenvalue weighted by atomic mass is 9.91. The van der Waals surface area contributed by atoms with Gasteiger partial charge in [-0.1, -0.05) is 6.92 Å². The predicted molar refractivity (Wildman–Crippen MR) is 52.0 cm³/mol. The van der Waals surface area contributed by atoms with Gasteiger partial charge < -0.3 is 9.47 Å². The lowest BCUT2D eigenvalue weighted by Crippen LogP contribution is -2.27. The smallest absolute Gasteiger partial charge is 0.373 e. The summed E-state index contributed by atoms with van der Waals surface area (Å²) < 4.78 is 32.3. The molecule has 0 unspecified atom stereocenters. The summed E-state index contributed by atoms with van der Waals surface area (Å²) in [5, 5.41) is 0. The van der Waals surface area contributed by atoms with Gasteiger partial charge in [-0.05, 0) is 20.3 Å². The van der Waals surface area contributed by atoms with Crippen molar-refractivity contribution in [3.8, 4) is 0 Å². The topological polar surface area (TPSA) is 52.6 Å². The maximum atomic E-state index is 11.7. The molecule has 0 saturated carbocycles. The first kappa shape index (κ1) is 14.8. The molecule has 0 radical (unpaired) electrons. The van der Waals surface area contributed by atoms with Gasteiger partial charge in [-0.2, -0.15) is 8.78 Å². The maximum absolute atomic E-state index is 11.7. The van der Waals surface area contributed by atoms with Crippen LogP contribution in [-0.4, -0.2) is 31.6 Å². The summed E-state index contributed by atoms with van der Waals surface area (Å²) in [6.45, 7) is 4.69. The van der Waals surface area contributed by atoms with Crippen LogP contribution in [-0.2, 0) is 19.1 Å². The number of esters is 2. The van der Waals surface area contributed by atoms with Crippen molar-refractivity contribution in [3.05, 3.63) is 0 Å². The van der Waals surface area contributed by atoms with E-state index in [0.717, 1.165) is 0 Å². The molecule has 4 nitrogen and oxygen atoms in total. The lowest BCUT2D eigenvalue weighted by molar-refractivity contribution is -0.164. The van der Waals surface area contributed by atoms with E-state index in [0.29, 0.717) is 6.42 Å². The molecule has 94 valence electrons. The fourth-order valence-electron chi connectivity index (χ4n) is 0.679. The minimum Gasteiger partial charge on any atom is -0.462 e. The molecule has 0 bridgehead atoms. The van der Waals surface area contributed by atoms with Gasteiger partial charge in [0.1, 0.15) is 13.2 Å². The van der Waals surface area contributed by atoms with Crippen LogP contribution in [0, 0.1) is 5.41 Å². The Hall–Kier alpha value is -1.20. The summed E-state index contributed by atoms with van der Waals surface area (Å²) in [6, 6.07) is 0. The Balaban J connectivity index is 3.76. The molecule has 0 fully saturated rings. The summed E-state index contributed by atoms with van der Waals surface area (Å²) in [6.07, 6.45) is -2.55. The maximum Gasteiger partial charge on any atom is 0.373 e. The predicted octanol–water partition coefficient (Wildman–Crippen LogP) is 1.77. The van der Waals surface area contributed by atoms with Gasteiger partial charge in [0.2, 0.25) is 0 Å². The summed E-state index contributed by atoms with van der Waals surface area (Å²) in [4.78, 5) is 21.7. The second-order valence-corrected chi connectivity index (χ2v) is 3.84. The molecule has 0 N–H and O–H groups in total. The molecule has 6 heteroatoms. The van der Waals surface area contributed by atoms with E-state index in [1.807, 2.05) is 6.92 Å². The largest absolute Gasteiger partial charge is 0.462 e. The average molecular weight is 238 g/mol. The van der Waals surface area contributed by atoms with Crippen LogP contribution < -0.4 is 0 Å². The minimum atomic E-state index is -3.15. The van der Waals surface area contributed by atoms with E-state index in [4.69, 9.17) is 4.74 Å². The molecular formula is C10H16F2O4. The average Bonchev–Trinajstić information content (AvgIpc) is 2.23. The zero-order valence-corrected chi connectivity index (χ0v) is 9.59. The van der Waals surface area contributed by atoms with Crippen LogP contribution in [0.25, 0.3) is 0 Å². The van der Waals surface area contributed by atoms with Crippen molar-refractivity contribution in [1.82, 2.24) is 0 Å². The highest BCUT2D eigenvalue weighted by molar-refractivity contribution is 5.75. The number of rotatable bonds is 6. The van der Waals surface area contributed by atoms with Gasteiger partial charge in [0, 0.05) is 0 Å². The van der Waals surface area contributed by atoms with E-state index in [1.165, 1.54) is 0 Å². The van der Waals surface area contributed by atoms with Crippen molar-refractivity contribution in [1.29, 1.82) is 0 Å². The number of ether oxygens (including phenoxy) is 2. The third-order valence-corrected chi connectivity index (χ3v) is 2.18. The molecule has 0 aliphatic carbocycles. The zero-order chi connectivity index (χ0) is 12.8. The number of hydrogen-bond donors (Lipinski definition) is 0. The Morgan fingerprint density at radius 1 is 1.19 bits per heavy atom. The summed E-state index contributed by atoms with van der Waals surface area (Å²) in [5.74, 6) is -2.05. The van der Waals surface area contributed by atoms with Crippen LogP contribution in [0.3, 0.4) is 0 Å². The van der Waals surface area contributed by atoms with E-state index in [1.54, 1.807) is 13.8 Å². The number of halogens is 2. The zero-order valence-electron chi connectivity index (χ0n) is 9.59. The Labute approximate surface area is 92.9 Å². The molecule has 0 aromatic rings. The van der Waals surface area contributed by atoms with Crippen LogP contribution in [0.4, 0.5) is 8.78 Å². The van der Waals surface area contributed by atoms with Gasteiger partial charge in [0.05, 0.1) is 5.41 Å². The first-order valence-electron chi connectivity index (χ1n) is 4.93. The molecule has 0 saturated heterocycles. The molecule has 0 aliphatic rings. The number of hydrogen-bond acceptors (Lipinski definition) is 4. The number of carbonyl (C=O) groups excluding carboxylic acids is 2. The fourth-order valence-corrected chi connectivity index (χ4v) is 0.679. The molecule has 0 amide bonds. The summed E-state index contributed by atoms with van der Waals surface area (Å²) in [7, 11) is 0. The quantitative estimate of drug-likeness (QED) is 0.522. The van der Waals surface area contributed by atoms with Crippen molar-refractivity contribution >= 4 is 11.9 Å². The monoisotopic (exact) mass is 238 g/mol. The molecule has 0 rings (SSSR count). The normalized spacial score (nSPS) is 11.4. The van der Waals surface area contributed by atoms with Crippen molar-refractivity contribution in [2.24, 2.45) is 5.41 Å². The summed E-state index contributed by atoms with van der Waals surface area (Å²) in [5.41, 5.74) is -0.618. The molecule has 16 heavy (non-hydrogen) atoms. The third kappa shape index (κ3) is 5.04.